The highest BCUT2D eigenvalue weighted by Gasteiger charge is 2.32. The molecule has 0 aliphatic carbocycles. The average molecular weight is 432 g/mol. The Balaban J connectivity index is 1.71. The summed E-state index contributed by atoms with van der Waals surface area (Å²) in [7, 11) is 0. The van der Waals surface area contributed by atoms with E-state index < -0.39 is 28.0 Å². The van der Waals surface area contributed by atoms with E-state index in [0.29, 0.717) is 11.3 Å². The number of alkyl halides is 3. The highest BCUT2D eigenvalue weighted by molar-refractivity contribution is 5.92. The van der Waals surface area contributed by atoms with E-state index in [2.05, 4.69) is 10.4 Å². The molecule has 1 N–H and O–H groups in total. The average Bonchev–Trinajstić information content (AvgIpc) is 3.22. The van der Waals surface area contributed by atoms with E-state index in [1.807, 2.05) is 0 Å². The first-order valence-corrected chi connectivity index (χ1v) is 9.24. The van der Waals surface area contributed by atoms with Crippen LogP contribution >= 0.6 is 0 Å². The van der Waals surface area contributed by atoms with Crippen molar-refractivity contribution in [2.45, 2.75) is 25.4 Å². The van der Waals surface area contributed by atoms with Gasteiger partial charge in [-0.05, 0) is 23.8 Å². The quantitative estimate of drug-likeness (QED) is 0.459. The second-order valence-electron chi connectivity index (χ2n) is 7.57. The SMILES string of the molecule is CC(C)(CNC(=O)c1ccn(-c2cccc([N+](=O)[O-])c2)n1)c1cccc(C(F)(F)F)c1. The van der Waals surface area contributed by atoms with Crippen LogP contribution in [0.25, 0.3) is 5.69 Å². The van der Waals surface area contributed by atoms with Crippen LogP contribution in [0.3, 0.4) is 0 Å². The van der Waals surface area contributed by atoms with Gasteiger partial charge in [-0.15, -0.1) is 0 Å². The summed E-state index contributed by atoms with van der Waals surface area (Å²) in [4.78, 5) is 22.9. The van der Waals surface area contributed by atoms with Crippen LogP contribution in [0.5, 0.6) is 0 Å². The first-order chi connectivity index (χ1) is 14.5. The van der Waals surface area contributed by atoms with Crippen LogP contribution < -0.4 is 5.32 Å². The molecule has 7 nitrogen and oxygen atoms in total. The van der Waals surface area contributed by atoms with Crippen LogP contribution in [0, 0.1) is 10.1 Å². The number of aromatic nitrogens is 2. The van der Waals surface area contributed by atoms with Crippen molar-refractivity contribution in [1.82, 2.24) is 15.1 Å². The zero-order chi connectivity index (χ0) is 22.8. The van der Waals surface area contributed by atoms with Gasteiger partial charge < -0.3 is 5.32 Å². The fourth-order valence-corrected chi connectivity index (χ4v) is 2.95. The number of hydrogen-bond donors (Lipinski definition) is 1. The van der Waals surface area contributed by atoms with Crippen molar-refractivity contribution in [3.8, 4) is 5.69 Å². The number of nitro groups is 1. The minimum absolute atomic E-state index is 0.0753. The van der Waals surface area contributed by atoms with Gasteiger partial charge in [-0.2, -0.15) is 18.3 Å². The molecule has 0 aliphatic heterocycles. The molecule has 1 aromatic heterocycles. The molecule has 0 spiro atoms. The van der Waals surface area contributed by atoms with Gasteiger partial charge in [0.15, 0.2) is 5.69 Å². The summed E-state index contributed by atoms with van der Waals surface area (Å²) >= 11 is 0. The van der Waals surface area contributed by atoms with Gasteiger partial charge in [-0.25, -0.2) is 4.68 Å². The second kappa shape index (κ2) is 8.21. The van der Waals surface area contributed by atoms with Crippen molar-refractivity contribution in [2.24, 2.45) is 0 Å². The standard InChI is InChI=1S/C21H19F3N4O3/c1-20(2,14-5-3-6-15(11-14)21(22,23)24)13-25-19(29)18-9-10-27(26-18)16-7-4-8-17(12-16)28(30)31/h3-12H,13H2,1-2H3,(H,25,29). The number of nitro benzene ring substituents is 1. The zero-order valence-corrected chi connectivity index (χ0v) is 16.7. The third-order valence-corrected chi connectivity index (χ3v) is 4.79. The lowest BCUT2D eigenvalue weighted by atomic mass is 9.83. The predicted octanol–water partition coefficient (Wildman–Crippen LogP) is 4.51. The topological polar surface area (TPSA) is 90.1 Å². The third-order valence-electron chi connectivity index (χ3n) is 4.79. The van der Waals surface area contributed by atoms with Crippen LogP contribution in [0.1, 0.15) is 35.5 Å². The van der Waals surface area contributed by atoms with E-state index in [1.54, 1.807) is 26.0 Å². The maximum Gasteiger partial charge on any atom is 0.416 e. The van der Waals surface area contributed by atoms with Gasteiger partial charge in [-0.3, -0.25) is 14.9 Å². The van der Waals surface area contributed by atoms with E-state index in [1.165, 1.54) is 41.2 Å². The monoisotopic (exact) mass is 432 g/mol. The Hall–Kier alpha value is -3.69. The Kier molecular flexibility index (Phi) is 5.83. The summed E-state index contributed by atoms with van der Waals surface area (Å²) in [5, 5.41) is 17.7. The van der Waals surface area contributed by atoms with Gasteiger partial charge in [0.1, 0.15) is 0 Å². The zero-order valence-electron chi connectivity index (χ0n) is 16.7. The number of carbonyl (C=O) groups excluding carboxylic acids is 1. The Bertz CT molecular complexity index is 1120. The van der Waals surface area contributed by atoms with Gasteiger partial charge in [-0.1, -0.05) is 38.1 Å². The van der Waals surface area contributed by atoms with Crippen molar-refractivity contribution >= 4 is 11.6 Å². The molecule has 1 amide bonds. The van der Waals surface area contributed by atoms with E-state index in [-0.39, 0.29) is 17.9 Å². The number of amides is 1. The van der Waals surface area contributed by atoms with E-state index in [4.69, 9.17) is 0 Å². The molecule has 162 valence electrons. The van der Waals surface area contributed by atoms with Gasteiger partial charge >= 0.3 is 6.18 Å². The van der Waals surface area contributed by atoms with Crippen molar-refractivity contribution in [3.05, 3.63) is 87.7 Å². The minimum Gasteiger partial charge on any atom is -0.350 e. The largest absolute Gasteiger partial charge is 0.416 e. The van der Waals surface area contributed by atoms with Crippen LogP contribution in [-0.2, 0) is 11.6 Å². The van der Waals surface area contributed by atoms with E-state index in [0.717, 1.165) is 12.1 Å². The fraction of sp³-hybridized carbons (Fsp3) is 0.238. The summed E-state index contributed by atoms with van der Waals surface area (Å²) < 4.78 is 40.3. The Morgan fingerprint density at radius 1 is 1.10 bits per heavy atom. The van der Waals surface area contributed by atoms with Gasteiger partial charge in [0.05, 0.1) is 16.2 Å². The summed E-state index contributed by atoms with van der Waals surface area (Å²) in [5.74, 6) is -0.510. The van der Waals surface area contributed by atoms with E-state index >= 15 is 0 Å². The molecule has 0 radical (unpaired) electrons. The molecule has 0 aliphatic rings. The fourth-order valence-electron chi connectivity index (χ4n) is 2.95. The lowest BCUT2D eigenvalue weighted by molar-refractivity contribution is -0.384. The normalized spacial score (nSPS) is 11.9. The van der Waals surface area contributed by atoms with Gasteiger partial charge in [0, 0.05) is 30.3 Å². The van der Waals surface area contributed by atoms with Crippen LogP contribution in [0.4, 0.5) is 18.9 Å². The van der Waals surface area contributed by atoms with Crippen LogP contribution in [0.15, 0.2) is 60.8 Å². The van der Waals surface area contributed by atoms with Crippen molar-refractivity contribution in [3.63, 3.8) is 0 Å². The molecule has 0 bridgehead atoms. The molecular formula is C21H19F3N4O3. The molecule has 31 heavy (non-hydrogen) atoms. The number of hydrogen-bond acceptors (Lipinski definition) is 4. The van der Waals surface area contributed by atoms with Gasteiger partial charge in [0.25, 0.3) is 11.6 Å². The Morgan fingerprint density at radius 2 is 1.77 bits per heavy atom. The second-order valence-corrected chi connectivity index (χ2v) is 7.57. The van der Waals surface area contributed by atoms with Crippen molar-refractivity contribution in [1.29, 1.82) is 0 Å². The molecule has 0 fully saturated rings. The summed E-state index contributed by atoms with van der Waals surface area (Å²) in [6.07, 6.45) is -2.96. The Labute approximate surface area is 175 Å². The Morgan fingerprint density at radius 3 is 2.45 bits per heavy atom. The third kappa shape index (κ3) is 5.08. The highest BCUT2D eigenvalue weighted by Crippen LogP contribution is 2.32. The summed E-state index contributed by atoms with van der Waals surface area (Å²) in [6.45, 7) is 3.53. The van der Waals surface area contributed by atoms with E-state index in [9.17, 15) is 28.1 Å². The lowest BCUT2D eigenvalue weighted by Crippen LogP contribution is -2.37. The molecular weight excluding hydrogens is 413 g/mol. The molecule has 0 unspecified atom stereocenters. The molecule has 3 aromatic rings. The molecule has 1 heterocycles. The number of carbonyl (C=O) groups is 1. The highest BCUT2D eigenvalue weighted by atomic mass is 19.4. The van der Waals surface area contributed by atoms with Crippen molar-refractivity contribution in [2.75, 3.05) is 6.54 Å². The molecule has 2 aromatic carbocycles. The van der Waals surface area contributed by atoms with Crippen LogP contribution in [0.2, 0.25) is 0 Å². The van der Waals surface area contributed by atoms with Crippen molar-refractivity contribution < 1.29 is 22.9 Å². The number of halogens is 3. The molecule has 0 atom stereocenters. The maximum absolute atomic E-state index is 13.0. The number of nitrogens with zero attached hydrogens (tertiary/aromatic N) is 3. The number of nitrogens with one attached hydrogen (secondary N) is 1. The van der Waals surface area contributed by atoms with Gasteiger partial charge in [0.2, 0.25) is 0 Å². The lowest BCUT2D eigenvalue weighted by Gasteiger charge is -2.26. The summed E-state index contributed by atoms with van der Waals surface area (Å²) in [6, 6.07) is 12.2. The number of benzene rings is 2. The maximum atomic E-state index is 13.0. The first kappa shape index (κ1) is 22.0. The minimum atomic E-state index is -4.45. The summed E-state index contributed by atoms with van der Waals surface area (Å²) in [5.41, 5.74) is -0.699. The number of non-ortho nitro benzene ring substituents is 1. The molecule has 0 saturated heterocycles. The molecule has 10 heteroatoms. The smallest absolute Gasteiger partial charge is 0.350 e. The molecule has 3 rings (SSSR count). The number of rotatable bonds is 6. The van der Waals surface area contributed by atoms with Crippen LogP contribution in [-0.4, -0.2) is 27.2 Å². The predicted molar refractivity (Wildman–Crippen MR) is 107 cm³/mol. The first-order valence-electron chi connectivity index (χ1n) is 9.24. The molecule has 0 saturated carbocycles.